The average Bonchev–Trinajstić information content (AvgIpc) is 3.56. The second-order valence-corrected chi connectivity index (χ2v) is 9.71. The number of hydrazine groups is 1. The number of aromatic nitrogens is 1. The molecule has 5 nitrogen and oxygen atoms in total. The van der Waals surface area contributed by atoms with Gasteiger partial charge in [0, 0.05) is 53.2 Å². The van der Waals surface area contributed by atoms with Gasteiger partial charge in [0.15, 0.2) is 0 Å². The molecule has 33 heavy (non-hydrogen) atoms. The van der Waals surface area contributed by atoms with Crippen LogP contribution in [0.3, 0.4) is 0 Å². The largest absolute Gasteiger partial charge is 0.347 e. The van der Waals surface area contributed by atoms with Gasteiger partial charge in [-0.3, -0.25) is 15.8 Å². The molecule has 1 aliphatic carbocycles. The van der Waals surface area contributed by atoms with Crippen LogP contribution in [0.15, 0.2) is 53.0 Å². The number of halogens is 1. The maximum Gasteiger partial charge on any atom is 0.123 e. The minimum absolute atomic E-state index is 0.182. The molecule has 3 aromatic rings. The SMILES string of the molecule is CNCN=Cc1c(-c2cccs2)cn(C2CCC(CNNCCc3ccc(F)cc3)C2)c1C. The van der Waals surface area contributed by atoms with Gasteiger partial charge in [-0.25, -0.2) is 4.39 Å². The monoisotopic (exact) mass is 467 g/mol. The first-order chi connectivity index (χ1) is 16.2. The molecule has 1 fully saturated rings. The van der Waals surface area contributed by atoms with Gasteiger partial charge in [0.2, 0.25) is 0 Å². The van der Waals surface area contributed by atoms with Crippen molar-refractivity contribution in [3.05, 3.63) is 70.6 Å². The zero-order chi connectivity index (χ0) is 23.0. The zero-order valence-electron chi connectivity index (χ0n) is 19.5. The Morgan fingerprint density at radius 1 is 1.18 bits per heavy atom. The van der Waals surface area contributed by atoms with E-state index in [1.54, 1.807) is 11.3 Å². The summed E-state index contributed by atoms with van der Waals surface area (Å²) in [5, 5.41) is 5.23. The Labute approximate surface area is 200 Å². The van der Waals surface area contributed by atoms with Gasteiger partial charge in [-0.2, -0.15) is 0 Å². The van der Waals surface area contributed by atoms with E-state index in [-0.39, 0.29) is 5.82 Å². The summed E-state index contributed by atoms with van der Waals surface area (Å²) in [4.78, 5) is 5.84. The van der Waals surface area contributed by atoms with Crippen LogP contribution in [0.1, 0.15) is 42.1 Å². The summed E-state index contributed by atoms with van der Waals surface area (Å²) in [5.41, 5.74) is 11.7. The summed E-state index contributed by atoms with van der Waals surface area (Å²) in [6, 6.07) is 11.6. The Kier molecular flexibility index (Phi) is 8.45. The Hall–Kier alpha value is -2.32. The van der Waals surface area contributed by atoms with E-state index < -0.39 is 0 Å². The second-order valence-electron chi connectivity index (χ2n) is 8.77. The molecule has 0 amide bonds. The predicted molar refractivity (Wildman–Crippen MR) is 136 cm³/mol. The van der Waals surface area contributed by atoms with Crippen molar-refractivity contribution in [3.8, 4) is 10.4 Å². The van der Waals surface area contributed by atoms with Crippen LogP contribution in [0, 0.1) is 18.7 Å². The van der Waals surface area contributed by atoms with E-state index in [1.807, 2.05) is 25.4 Å². The summed E-state index contributed by atoms with van der Waals surface area (Å²) in [5.74, 6) is 0.472. The molecule has 3 N–H and O–H groups in total. The molecule has 1 saturated carbocycles. The highest BCUT2D eigenvalue weighted by Crippen LogP contribution is 2.39. The quantitative estimate of drug-likeness (QED) is 0.213. The summed E-state index contributed by atoms with van der Waals surface area (Å²) in [7, 11) is 1.92. The molecule has 2 heterocycles. The molecule has 176 valence electrons. The summed E-state index contributed by atoms with van der Waals surface area (Å²) >= 11 is 1.78. The van der Waals surface area contributed by atoms with Gasteiger partial charge in [0.05, 0.1) is 6.67 Å². The Morgan fingerprint density at radius 3 is 2.79 bits per heavy atom. The molecule has 4 rings (SSSR count). The number of hydrogen-bond acceptors (Lipinski definition) is 5. The molecule has 0 radical (unpaired) electrons. The third kappa shape index (κ3) is 6.18. The van der Waals surface area contributed by atoms with Gasteiger partial charge in [0.25, 0.3) is 0 Å². The van der Waals surface area contributed by atoms with E-state index in [9.17, 15) is 4.39 Å². The standard InChI is InChI=1S/C26H34FN5S/c1-19-24(16-29-18-28-2)25(26-4-3-13-33-26)17-32(19)23-10-7-21(14-23)15-31-30-12-11-20-5-8-22(27)9-6-20/h3-6,8-9,13,16-17,21,23,28,30-31H,7,10-12,14-15,18H2,1-2H3. The highest BCUT2D eigenvalue weighted by molar-refractivity contribution is 7.13. The number of rotatable bonds is 11. The second kappa shape index (κ2) is 11.7. The van der Waals surface area contributed by atoms with Crippen LogP contribution in [0.4, 0.5) is 4.39 Å². The summed E-state index contributed by atoms with van der Waals surface area (Å²) < 4.78 is 15.5. The van der Waals surface area contributed by atoms with E-state index >= 15 is 0 Å². The molecular formula is C26H34FN5S. The highest BCUT2D eigenvalue weighted by Gasteiger charge is 2.28. The lowest BCUT2D eigenvalue weighted by Gasteiger charge is -2.16. The maximum absolute atomic E-state index is 13.0. The van der Waals surface area contributed by atoms with Gasteiger partial charge in [0.1, 0.15) is 5.82 Å². The number of nitrogens with zero attached hydrogens (tertiary/aromatic N) is 2. The first kappa shape index (κ1) is 23.8. The molecule has 2 aromatic heterocycles. The van der Waals surface area contributed by atoms with Crippen LogP contribution in [-0.2, 0) is 6.42 Å². The van der Waals surface area contributed by atoms with Crippen LogP contribution in [-0.4, -0.2) is 37.6 Å². The van der Waals surface area contributed by atoms with Crippen molar-refractivity contribution in [2.24, 2.45) is 10.9 Å². The topological polar surface area (TPSA) is 53.4 Å². The fraction of sp³-hybridized carbons (Fsp3) is 0.423. The lowest BCUT2D eigenvalue weighted by Crippen LogP contribution is -2.36. The zero-order valence-corrected chi connectivity index (χ0v) is 20.3. The number of thiophene rings is 1. The normalized spacial score (nSPS) is 18.5. The van der Waals surface area contributed by atoms with Crippen LogP contribution in [0.25, 0.3) is 10.4 Å². The third-order valence-electron chi connectivity index (χ3n) is 6.47. The lowest BCUT2D eigenvalue weighted by molar-refractivity contribution is 0.415. The molecule has 1 aromatic carbocycles. The van der Waals surface area contributed by atoms with Crippen molar-refractivity contribution in [1.29, 1.82) is 0 Å². The molecule has 0 saturated heterocycles. The molecular weight excluding hydrogens is 433 g/mol. The van der Waals surface area contributed by atoms with E-state index in [4.69, 9.17) is 0 Å². The van der Waals surface area contributed by atoms with Crippen LogP contribution in [0.2, 0.25) is 0 Å². The smallest absolute Gasteiger partial charge is 0.123 e. The van der Waals surface area contributed by atoms with Crippen LogP contribution < -0.4 is 16.2 Å². The van der Waals surface area contributed by atoms with E-state index in [1.165, 1.54) is 53.1 Å². The van der Waals surface area contributed by atoms with Crippen molar-refractivity contribution in [1.82, 2.24) is 20.7 Å². The van der Waals surface area contributed by atoms with E-state index in [0.29, 0.717) is 18.6 Å². The van der Waals surface area contributed by atoms with Crippen molar-refractivity contribution in [3.63, 3.8) is 0 Å². The van der Waals surface area contributed by atoms with Crippen molar-refractivity contribution in [2.75, 3.05) is 26.8 Å². The Morgan fingerprint density at radius 2 is 2.03 bits per heavy atom. The lowest BCUT2D eigenvalue weighted by atomic mass is 10.1. The van der Waals surface area contributed by atoms with E-state index in [0.717, 1.165) is 25.1 Å². The van der Waals surface area contributed by atoms with Gasteiger partial charge in [-0.1, -0.05) is 18.2 Å². The number of hydrogen-bond donors (Lipinski definition) is 3. The molecule has 0 bridgehead atoms. The Balaban J connectivity index is 1.31. The summed E-state index contributed by atoms with van der Waals surface area (Å²) in [6.07, 6.45) is 8.85. The van der Waals surface area contributed by atoms with E-state index in [2.05, 4.69) is 56.4 Å². The van der Waals surface area contributed by atoms with Crippen LogP contribution in [0.5, 0.6) is 0 Å². The molecule has 1 aliphatic rings. The fourth-order valence-corrected chi connectivity index (χ4v) is 5.44. The highest BCUT2D eigenvalue weighted by atomic mass is 32.1. The van der Waals surface area contributed by atoms with Crippen molar-refractivity contribution >= 4 is 17.6 Å². The van der Waals surface area contributed by atoms with Crippen molar-refractivity contribution in [2.45, 2.75) is 38.6 Å². The third-order valence-corrected chi connectivity index (χ3v) is 7.37. The molecule has 7 heteroatoms. The minimum atomic E-state index is -0.182. The average molecular weight is 468 g/mol. The van der Waals surface area contributed by atoms with Crippen molar-refractivity contribution < 1.29 is 4.39 Å². The van der Waals surface area contributed by atoms with Crippen LogP contribution >= 0.6 is 11.3 Å². The summed E-state index contributed by atoms with van der Waals surface area (Å²) in [6.45, 7) is 4.65. The molecule has 2 atom stereocenters. The van der Waals surface area contributed by atoms with Gasteiger partial charge >= 0.3 is 0 Å². The Bertz CT molecular complexity index is 1030. The number of benzene rings is 1. The number of aliphatic imine (C=N–C) groups is 1. The molecule has 0 aliphatic heterocycles. The fourth-order valence-electron chi connectivity index (χ4n) is 4.69. The molecule has 0 spiro atoms. The van der Waals surface area contributed by atoms with Gasteiger partial charge in [-0.05, 0) is 74.7 Å². The maximum atomic E-state index is 13.0. The van der Waals surface area contributed by atoms with Gasteiger partial charge < -0.3 is 9.88 Å². The molecule has 2 unspecified atom stereocenters. The number of nitrogens with one attached hydrogen (secondary N) is 3. The predicted octanol–water partition coefficient (Wildman–Crippen LogP) is 4.94. The first-order valence-electron chi connectivity index (χ1n) is 11.8. The first-order valence-corrected chi connectivity index (χ1v) is 12.6. The van der Waals surface area contributed by atoms with Gasteiger partial charge in [-0.15, -0.1) is 11.3 Å². The minimum Gasteiger partial charge on any atom is -0.347 e.